The molecule has 0 spiro atoms. The SMILES string of the molecule is C\C=C(C)/C=N\C(N)=C\C. The fourth-order valence-corrected chi connectivity index (χ4v) is 0.325. The minimum atomic E-state index is 0.557. The first kappa shape index (κ1) is 8.95. The van der Waals surface area contributed by atoms with Crippen molar-refractivity contribution in [2.45, 2.75) is 20.8 Å². The highest BCUT2D eigenvalue weighted by molar-refractivity contribution is 5.78. The third kappa shape index (κ3) is 3.89. The smallest absolute Gasteiger partial charge is 0.118 e. The van der Waals surface area contributed by atoms with Crippen LogP contribution in [0.1, 0.15) is 20.8 Å². The first-order valence-electron chi connectivity index (χ1n) is 3.29. The zero-order valence-electron chi connectivity index (χ0n) is 6.76. The van der Waals surface area contributed by atoms with E-state index in [-0.39, 0.29) is 0 Å². The van der Waals surface area contributed by atoms with E-state index >= 15 is 0 Å². The van der Waals surface area contributed by atoms with E-state index in [1.54, 1.807) is 12.3 Å². The first-order chi connectivity index (χ1) is 4.70. The van der Waals surface area contributed by atoms with E-state index in [1.807, 2.05) is 26.8 Å². The molecule has 0 bridgehead atoms. The minimum absolute atomic E-state index is 0.557. The number of nitrogens with zero attached hydrogens (tertiary/aromatic N) is 1. The van der Waals surface area contributed by atoms with E-state index in [1.165, 1.54) is 0 Å². The Morgan fingerprint density at radius 3 is 2.30 bits per heavy atom. The Morgan fingerprint density at radius 2 is 1.90 bits per heavy atom. The van der Waals surface area contributed by atoms with Gasteiger partial charge in [0.2, 0.25) is 0 Å². The van der Waals surface area contributed by atoms with Crippen LogP contribution >= 0.6 is 0 Å². The average Bonchev–Trinajstić information content (AvgIpc) is 1.99. The van der Waals surface area contributed by atoms with Gasteiger partial charge < -0.3 is 5.73 Å². The van der Waals surface area contributed by atoms with Crippen LogP contribution in [0.4, 0.5) is 0 Å². The van der Waals surface area contributed by atoms with Gasteiger partial charge in [0.05, 0.1) is 0 Å². The number of aliphatic imine (C=N–C) groups is 1. The van der Waals surface area contributed by atoms with Gasteiger partial charge in [0.25, 0.3) is 0 Å². The lowest BCUT2D eigenvalue weighted by molar-refractivity contribution is 1.23. The van der Waals surface area contributed by atoms with E-state index in [0.29, 0.717) is 5.82 Å². The summed E-state index contributed by atoms with van der Waals surface area (Å²) in [6.45, 7) is 5.80. The van der Waals surface area contributed by atoms with Crippen LogP contribution in [-0.2, 0) is 0 Å². The van der Waals surface area contributed by atoms with Gasteiger partial charge in [-0.2, -0.15) is 0 Å². The summed E-state index contributed by atoms with van der Waals surface area (Å²) in [7, 11) is 0. The lowest BCUT2D eigenvalue weighted by Gasteiger charge is -1.89. The summed E-state index contributed by atoms with van der Waals surface area (Å²) in [6, 6.07) is 0. The van der Waals surface area contributed by atoms with Crippen molar-refractivity contribution in [3.63, 3.8) is 0 Å². The zero-order chi connectivity index (χ0) is 7.98. The minimum Gasteiger partial charge on any atom is -0.384 e. The summed E-state index contributed by atoms with van der Waals surface area (Å²) < 4.78 is 0. The molecule has 10 heavy (non-hydrogen) atoms. The molecule has 0 aromatic rings. The van der Waals surface area contributed by atoms with E-state index in [9.17, 15) is 0 Å². The topological polar surface area (TPSA) is 38.4 Å². The Bertz CT molecular complexity index is 156. The predicted molar refractivity (Wildman–Crippen MR) is 45.9 cm³/mol. The zero-order valence-corrected chi connectivity index (χ0v) is 6.76. The molecule has 2 heteroatoms. The molecule has 0 heterocycles. The molecule has 0 aromatic heterocycles. The molecular formula is C8H14N2. The molecule has 0 aliphatic heterocycles. The molecule has 0 saturated carbocycles. The predicted octanol–water partition coefficient (Wildman–Crippen LogP) is 1.84. The standard InChI is InChI=1S/C8H14N2/c1-4-7(3)6-10-8(9)5-2/h4-6H,9H2,1-3H3/b7-4-,8-5+,10-6-. The Hall–Kier alpha value is -1.05. The van der Waals surface area contributed by atoms with Crippen molar-refractivity contribution >= 4 is 6.21 Å². The van der Waals surface area contributed by atoms with Crippen molar-refractivity contribution in [3.05, 3.63) is 23.5 Å². The molecule has 0 aliphatic carbocycles. The van der Waals surface area contributed by atoms with Crippen molar-refractivity contribution in [2.24, 2.45) is 10.7 Å². The molecule has 0 amide bonds. The molecule has 0 saturated heterocycles. The first-order valence-corrected chi connectivity index (χ1v) is 3.29. The van der Waals surface area contributed by atoms with Gasteiger partial charge in [0.1, 0.15) is 5.82 Å². The van der Waals surface area contributed by atoms with Crippen molar-refractivity contribution in [1.29, 1.82) is 0 Å². The summed E-state index contributed by atoms with van der Waals surface area (Å²) in [4.78, 5) is 3.96. The van der Waals surface area contributed by atoms with Gasteiger partial charge in [-0.15, -0.1) is 0 Å². The summed E-state index contributed by atoms with van der Waals surface area (Å²) in [5.41, 5.74) is 6.53. The lowest BCUT2D eigenvalue weighted by Crippen LogP contribution is -1.92. The van der Waals surface area contributed by atoms with Crippen LogP contribution < -0.4 is 5.73 Å². The summed E-state index contributed by atoms with van der Waals surface area (Å²) in [5, 5.41) is 0. The van der Waals surface area contributed by atoms with Crippen LogP contribution in [0, 0.1) is 0 Å². The summed E-state index contributed by atoms with van der Waals surface area (Å²) in [5.74, 6) is 0.557. The number of hydrogen-bond acceptors (Lipinski definition) is 2. The van der Waals surface area contributed by atoms with E-state index < -0.39 is 0 Å². The van der Waals surface area contributed by atoms with Gasteiger partial charge in [-0.05, 0) is 32.4 Å². The molecule has 0 radical (unpaired) electrons. The fraction of sp³-hybridized carbons (Fsp3) is 0.375. The van der Waals surface area contributed by atoms with Crippen molar-refractivity contribution in [2.75, 3.05) is 0 Å². The van der Waals surface area contributed by atoms with Crippen LogP contribution in [0.3, 0.4) is 0 Å². The third-order valence-corrected chi connectivity index (χ3v) is 1.17. The van der Waals surface area contributed by atoms with Crippen LogP contribution in [0.15, 0.2) is 28.5 Å². The monoisotopic (exact) mass is 138 g/mol. The van der Waals surface area contributed by atoms with Gasteiger partial charge in [-0.25, -0.2) is 4.99 Å². The van der Waals surface area contributed by atoms with Crippen LogP contribution in [0.2, 0.25) is 0 Å². The van der Waals surface area contributed by atoms with Crippen molar-refractivity contribution in [1.82, 2.24) is 0 Å². The van der Waals surface area contributed by atoms with E-state index in [2.05, 4.69) is 4.99 Å². The Kier molecular flexibility index (Phi) is 4.29. The van der Waals surface area contributed by atoms with Gasteiger partial charge >= 0.3 is 0 Å². The van der Waals surface area contributed by atoms with Crippen LogP contribution in [0.5, 0.6) is 0 Å². The van der Waals surface area contributed by atoms with E-state index in [4.69, 9.17) is 5.73 Å². The Morgan fingerprint density at radius 1 is 1.30 bits per heavy atom. The highest BCUT2D eigenvalue weighted by Crippen LogP contribution is 1.89. The summed E-state index contributed by atoms with van der Waals surface area (Å²) >= 11 is 0. The maximum absolute atomic E-state index is 5.41. The molecule has 0 rings (SSSR count). The van der Waals surface area contributed by atoms with Crippen LogP contribution in [0.25, 0.3) is 0 Å². The summed E-state index contributed by atoms with van der Waals surface area (Å²) in [6.07, 6.45) is 5.49. The Balaban J connectivity index is 4.01. The third-order valence-electron chi connectivity index (χ3n) is 1.17. The normalized spacial score (nSPS) is 14.7. The Labute approximate surface area is 62.1 Å². The van der Waals surface area contributed by atoms with Crippen molar-refractivity contribution < 1.29 is 0 Å². The maximum Gasteiger partial charge on any atom is 0.118 e. The molecule has 2 nitrogen and oxygen atoms in total. The highest BCUT2D eigenvalue weighted by Gasteiger charge is 1.79. The lowest BCUT2D eigenvalue weighted by atomic mass is 10.3. The number of hydrogen-bond donors (Lipinski definition) is 1. The second-order valence-corrected chi connectivity index (χ2v) is 2.00. The van der Waals surface area contributed by atoms with Gasteiger partial charge in [0.15, 0.2) is 0 Å². The molecule has 0 aromatic carbocycles. The molecular weight excluding hydrogens is 124 g/mol. The van der Waals surface area contributed by atoms with Crippen LogP contribution in [-0.4, -0.2) is 6.21 Å². The van der Waals surface area contributed by atoms with Crippen molar-refractivity contribution in [3.8, 4) is 0 Å². The largest absolute Gasteiger partial charge is 0.384 e. The molecule has 0 fully saturated rings. The van der Waals surface area contributed by atoms with Gasteiger partial charge in [-0.1, -0.05) is 6.08 Å². The average molecular weight is 138 g/mol. The van der Waals surface area contributed by atoms with E-state index in [0.717, 1.165) is 5.57 Å². The molecule has 0 unspecified atom stereocenters. The number of nitrogens with two attached hydrogens (primary N) is 1. The second kappa shape index (κ2) is 4.79. The van der Waals surface area contributed by atoms with Gasteiger partial charge in [-0.3, -0.25) is 0 Å². The quantitative estimate of drug-likeness (QED) is 0.581. The molecule has 56 valence electrons. The molecule has 0 atom stereocenters. The molecule has 0 aliphatic rings. The fourth-order valence-electron chi connectivity index (χ4n) is 0.325. The second-order valence-electron chi connectivity index (χ2n) is 2.00. The highest BCUT2D eigenvalue weighted by atomic mass is 14.9. The van der Waals surface area contributed by atoms with Gasteiger partial charge in [0, 0.05) is 6.21 Å². The number of rotatable bonds is 2. The number of allylic oxidation sites excluding steroid dienone is 3. The molecule has 2 N–H and O–H groups in total. The maximum atomic E-state index is 5.41.